The molecule has 1 saturated carbocycles. The lowest BCUT2D eigenvalue weighted by Gasteiger charge is -2.46. The van der Waals surface area contributed by atoms with Crippen LogP contribution < -0.4 is 4.74 Å². The molecule has 0 atom stereocenters. The summed E-state index contributed by atoms with van der Waals surface area (Å²) in [4.78, 5) is 0. The van der Waals surface area contributed by atoms with E-state index in [2.05, 4.69) is 49.4 Å². The standard InChI is InChI=1S/C18H18O/c1-2-13-8-9-16-15(12-13)14-6-3-4-7-17(14)19-18(16)10-5-11-18/h3-4,6-9,12H,2,5,10-11H2,1H3. The summed E-state index contributed by atoms with van der Waals surface area (Å²) in [6, 6.07) is 15.4. The van der Waals surface area contributed by atoms with Gasteiger partial charge in [0.25, 0.3) is 0 Å². The van der Waals surface area contributed by atoms with Crippen molar-refractivity contribution in [3.05, 3.63) is 53.6 Å². The van der Waals surface area contributed by atoms with Gasteiger partial charge in [-0.1, -0.05) is 43.3 Å². The van der Waals surface area contributed by atoms with E-state index in [4.69, 9.17) is 4.74 Å². The molecule has 2 aromatic carbocycles. The van der Waals surface area contributed by atoms with Gasteiger partial charge in [0.2, 0.25) is 0 Å². The minimum atomic E-state index is -0.0318. The first kappa shape index (κ1) is 11.1. The first-order valence-electron chi connectivity index (χ1n) is 7.24. The van der Waals surface area contributed by atoms with Gasteiger partial charge >= 0.3 is 0 Å². The molecule has 1 spiro atoms. The summed E-state index contributed by atoms with van der Waals surface area (Å²) in [5.41, 5.74) is 5.42. The van der Waals surface area contributed by atoms with Crippen molar-refractivity contribution >= 4 is 0 Å². The first-order chi connectivity index (χ1) is 9.32. The Morgan fingerprint density at radius 1 is 1.05 bits per heavy atom. The van der Waals surface area contributed by atoms with E-state index in [0.29, 0.717) is 0 Å². The molecule has 1 heteroatoms. The zero-order chi connectivity index (χ0) is 12.9. The quantitative estimate of drug-likeness (QED) is 0.713. The molecule has 0 radical (unpaired) electrons. The summed E-state index contributed by atoms with van der Waals surface area (Å²) in [7, 11) is 0. The Bertz CT molecular complexity index is 638. The van der Waals surface area contributed by atoms with E-state index in [9.17, 15) is 0 Å². The van der Waals surface area contributed by atoms with E-state index in [1.54, 1.807) is 0 Å². The fourth-order valence-electron chi connectivity index (χ4n) is 3.34. The molecular weight excluding hydrogens is 232 g/mol. The molecule has 96 valence electrons. The monoisotopic (exact) mass is 250 g/mol. The Kier molecular flexibility index (Phi) is 2.26. The van der Waals surface area contributed by atoms with Crippen LogP contribution in [0.3, 0.4) is 0 Å². The van der Waals surface area contributed by atoms with Gasteiger partial charge in [0.15, 0.2) is 0 Å². The molecular formula is C18H18O. The van der Waals surface area contributed by atoms with E-state index in [1.807, 2.05) is 0 Å². The average molecular weight is 250 g/mol. The maximum absolute atomic E-state index is 6.36. The minimum absolute atomic E-state index is 0.0318. The Morgan fingerprint density at radius 2 is 1.89 bits per heavy atom. The van der Waals surface area contributed by atoms with Gasteiger partial charge in [0.05, 0.1) is 0 Å². The van der Waals surface area contributed by atoms with Crippen molar-refractivity contribution < 1.29 is 4.74 Å². The lowest BCUT2D eigenvalue weighted by molar-refractivity contribution is -0.0143. The Labute approximate surface area is 114 Å². The number of ether oxygens (including phenoxy) is 1. The van der Waals surface area contributed by atoms with Crippen molar-refractivity contribution in [1.82, 2.24) is 0 Å². The Balaban J connectivity index is 1.98. The van der Waals surface area contributed by atoms with Crippen molar-refractivity contribution in [2.45, 2.75) is 38.2 Å². The third kappa shape index (κ3) is 1.48. The largest absolute Gasteiger partial charge is 0.482 e. The van der Waals surface area contributed by atoms with Gasteiger partial charge in [0, 0.05) is 11.1 Å². The highest BCUT2D eigenvalue weighted by Crippen LogP contribution is 2.53. The summed E-state index contributed by atoms with van der Waals surface area (Å²) >= 11 is 0. The van der Waals surface area contributed by atoms with Crippen LogP contribution >= 0.6 is 0 Å². The van der Waals surface area contributed by atoms with Gasteiger partial charge in [-0.3, -0.25) is 0 Å². The van der Waals surface area contributed by atoms with E-state index >= 15 is 0 Å². The molecule has 2 aromatic rings. The van der Waals surface area contributed by atoms with E-state index < -0.39 is 0 Å². The third-order valence-corrected chi connectivity index (χ3v) is 4.63. The molecule has 0 aromatic heterocycles. The molecule has 19 heavy (non-hydrogen) atoms. The zero-order valence-electron chi connectivity index (χ0n) is 11.3. The third-order valence-electron chi connectivity index (χ3n) is 4.63. The molecule has 4 rings (SSSR count). The van der Waals surface area contributed by atoms with Gasteiger partial charge in [-0.05, 0) is 42.9 Å². The van der Waals surface area contributed by atoms with E-state index in [-0.39, 0.29) is 5.60 Å². The van der Waals surface area contributed by atoms with Crippen LogP contribution in [0, 0.1) is 0 Å². The maximum Gasteiger partial charge on any atom is 0.135 e. The molecule has 1 fully saturated rings. The van der Waals surface area contributed by atoms with Crippen LogP contribution in [0.15, 0.2) is 42.5 Å². The Morgan fingerprint density at radius 3 is 2.63 bits per heavy atom. The highest BCUT2D eigenvalue weighted by Gasteiger charge is 2.45. The molecule has 0 amide bonds. The number of para-hydroxylation sites is 1. The smallest absolute Gasteiger partial charge is 0.135 e. The summed E-state index contributed by atoms with van der Waals surface area (Å²) in [5.74, 6) is 1.06. The molecule has 1 aliphatic carbocycles. The molecule has 0 bridgehead atoms. The van der Waals surface area contributed by atoms with Gasteiger partial charge in [-0.15, -0.1) is 0 Å². The fraction of sp³-hybridized carbons (Fsp3) is 0.333. The van der Waals surface area contributed by atoms with Crippen LogP contribution in [0.25, 0.3) is 11.1 Å². The normalized spacial score (nSPS) is 18.2. The van der Waals surface area contributed by atoms with Crippen molar-refractivity contribution in [2.24, 2.45) is 0 Å². The molecule has 1 heterocycles. The van der Waals surface area contributed by atoms with Crippen LogP contribution in [0.4, 0.5) is 0 Å². The van der Waals surface area contributed by atoms with Crippen LogP contribution in [0.1, 0.15) is 37.3 Å². The number of hydrogen-bond acceptors (Lipinski definition) is 1. The summed E-state index contributed by atoms with van der Waals surface area (Å²) in [6.45, 7) is 2.21. The SMILES string of the molecule is CCc1ccc2c(c1)-c1ccccc1OC21CCC1. The van der Waals surface area contributed by atoms with E-state index in [0.717, 1.165) is 25.0 Å². The predicted octanol–water partition coefficient (Wildman–Crippen LogP) is 4.69. The molecule has 0 N–H and O–H groups in total. The Hall–Kier alpha value is -1.76. The molecule has 0 saturated heterocycles. The predicted molar refractivity (Wildman–Crippen MR) is 77.4 cm³/mol. The fourth-order valence-corrected chi connectivity index (χ4v) is 3.34. The zero-order valence-corrected chi connectivity index (χ0v) is 11.3. The van der Waals surface area contributed by atoms with Crippen molar-refractivity contribution in [3.63, 3.8) is 0 Å². The average Bonchev–Trinajstić information content (AvgIpc) is 2.44. The first-order valence-corrected chi connectivity index (χ1v) is 7.24. The van der Waals surface area contributed by atoms with Gasteiger partial charge in [0.1, 0.15) is 11.4 Å². The number of hydrogen-bond donors (Lipinski definition) is 0. The van der Waals surface area contributed by atoms with Crippen LogP contribution in [0.5, 0.6) is 5.75 Å². The summed E-state index contributed by atoms with van der Waals surface area (Å²) in [5, 5.41) is 0. The lowest BCUT2D eigenvalue weighted by atomic mass is 9.70. The highest BCUT2D eigenvalue weighted by atomic mass is 16.5. The number of benzene rings is 2. The van der Waals surface area contributed by atoms with Crippen molar-refractivity contribution in [3.8, 4) is 16.9 Å². The number of fused-ring (bicyclic) bond motifs is 4. The molecule has 2 aliphatic rings. The number of aryl methyl sites for hydroxylation is 1. The lowest BCUT2D eigenvalue weighted by Crippen LogP contribution is -2.42. The van der Waals surface area contributed by atoms with E-state index in [1.165, 1.54) is 28.7 Å². The molecule has 0 unspecified atom stereocenters. The summed E-state index contributed by atoms with van der Waals surface area (Å²) in [6.07, 6.45) is 4.67. The minimum Gasteiger partial charge on any atom is -0.482 e. The highest BCUT2D eigenvalue weighted by molar-refractivity contribution is 5.77. The second-order valence-electron chi connectivity index (χ2n) is 5.68. The summed E-state index contributed by atoms with van der Waals surface area (Å²) < 4.78 is 6.36. The van der Waals surface area contributed by atoms with Crippen molar-refractivity contribution in [2.75, 3.05) is 0 Å². The maximum atomic E-state index is 6.36. The second kappa shape index (κ2) is 3.86. The van der Waals surface area contributed by atoms with Crippen LogP contribution in [-0.2, 0) is 12.0 Å². The van der Waals surface area contributed by atoms with Gasteiger partial charge in [-0.2, -0.15) is 0 Å². The molecule has 1 nitrogen and oxygen atoms in total. The van der Waals surface area contributed by atoms with Crippen LogP contribution in [-0.4, -0.2) is 0 Å². The second-order valence-corrected chi connectivity index (χ2v) is 5.68. The topological polar surface area (TPSA) is 9.23 Å². The van der Waals surface area contributed by atoms with Crippen molar-refractivity contribution in [1.29, 1.82) is 0 Å². The molecule has 1 aliphatic heterocycles. The number of rotatable bonds is 1. The van der Waals surface area contributed by atoms with Crippen LogP contribution in [0.2, 0.25) is 0 Å². The van der Waals surface area contributed by atoms with Gasteiger partial charge in [-0.25, -0.2) is 0 Å². The van der Waals surface area contributed by atoms with Gasteiger partial charge < -0.3 is 4.74 Å².